The van der Waals surface area contributed by atoms with Crippen LogP contribution in [0, 0.1) is 12.7 Å². The number of carbonyl (C=O) groups excluding carboxylic acids is 1. The van der Waals surface area contributed by atoms with E-state index in [2.05, 4.69) is 9.97 Å². The molecule has 0 bridgehead atoms. The van der Waals surface area contributed by atoms with Crippen LogP contribution in [0.15, 0.2) is 18.2 Å². The number of aromatic nitrogens is 2. The Morgan fingerprint density at radius 3 is 2.60 bits per heavy atom. The van der Waals surface area contributed by atoms with Gasteiger partial charge in [-0.2, -0.15) is 0 Å². The van der Waals surface area contributed by atoms with E-state index in [-0.39, 0.29) is 11.4 Å². The molecule has 0 unspecified atom stereocenters. The molecular formula is C19H26FN3O2. The number of fused-ring (bicyclic) bond motifs is 1. The van der Waals surface area contributed by atoms with Crippen molar-refractivity contribution in [3.63, 3.8) is 0 Å². The summed E-state index contributed by atoms with van der Waals surface area (Å²) in [5.41, 5.74) is 3.75. The molecule has 0 atom stereocenters. The molecule has 25 heavy (non-hydrogen) atoms. The fraction of sp³-hybridized carbons (Fsp3) is 0.474. The number of benzene rings is 1. The average molecular weight is 347 g/mol. The van der Waals surface area contributed by atoms with E-state index in [1.165, 1.54) is 12.1 Å². The Kier molecular flexibility index (Phi) is 5.95. The van der Waals surface area contributed by atoms with Gasteiger partial charge in [0.2, 0.25) is 6.41 Å². The van der Waals surface area contributed by atoms with Crippen LogP contribution >= 0.6 is 0 Å². The molecule has 1 aromatic heterocycles. The molecule has 0 spiro atoms. The van der Waals surface area contributed by atoms with Crippen molar-refractivity contribution in [2.24, 2.45) is 0 Å². The number of halogens is 1. The first-order valence-corrected chi connectivity index (χ1v) is 8.32. The number of rotatable bonds is 2. The van der Waals surface area contributed by atoms with E-state index in [1.54, 1.807) is 18.1 Å². The number of amides is 1. The van der Waals surface area contributed by atoms with Gasteiger partial charge in [0.1, 0.15) is 11.6 Å². The predicted octanol–water partition coefficient (Wildman–Crippen LogP) is 3.47. The molecule has 5 nitrogen and oxygen atoms in total. The second kappa shape index (κ2) is 7.78. The summed E-state index contributed by atoms with van der Waals surface area (Å²) in [7, 11) is 1.71. The molecular weight excluding hydrogens is 321 g/mol. The van der Waals surface area contributed by atoms with Crippen LogP contribution in [0.3, 0.4) is 0 Å². The van der Waals surface area contributed by atoms with E-state index < -0.39 is 0 Å². The summed E-state index contributed by atoms with van der Waals surface area (Å²) < 4.78 is 18.0. The molecule has 2 aromatic rings. The summed E-state index contributed by atoms with van der Waals surface area (Å²) in [5, 5.41) is 0. The van der Waals surface area contributed by atoms with Gasteiger partial charge in [-0.15, -0.1) is 0 Å². The summed E-state index contributed by atoms with van der Waals surface area (Å²) in [4.78, 5) is 20.3. The van der Waals surface area contributed by atoms with Gasteiger partial charge in [-0.05, 0) is 51.5 Å². The van der Waals surface area contributed by atoms with Crippen LogP contribution in [-0.2, 0) is 22.5 Å². The Balaban J connectivity index is 0.000000326. The lowest BCUT2D eigenvalue weighted by atomic mass is 10.1. The molecule has 0 fully saturated rings. The van der Waals surface area contributed by atoms with Crippen molar-refractivity contribution in [2.75, 3.05) is 13.7 Å². The van der Waals surface area contributed by atoms with Crippen LogP contribution < -0.4 is 0 Å². The van der Waals surface area contributed by atoms with Crippen molar-refractivity contribution >= 4 is 6.41 Å². The van der Waals surface area contributed by atoms with E-state index >= 15 is 0 Å². The highest BCUT2D eigenvalue weighted by molar-refractivity contribution is 5.61. The summed E-state index contributed by atoms with van der Waals surface area (Å²) >= 11 is 0. The topological polar surface area (TPSA) is 58.2 Å². The Bertz CT molecular complexity index is 735. The molecule has 0 saturated carbocycles. The van der Waals surface area contributed by atoms with Crippen molar-refractivity contribution in [1.29, 1.82) is 0 Å². The standard InChI is InChI=1S/C14H14FN3O.C5H12O/c1-9-6-10(15)2-3-11(9)14-16-12-4-5-18(8-19)7-13(12)17-14;1-5(2,3)6-4/h2-3,6,8H,4-5,7H2,1H3,(H,16,17);1-4H3. The number of H-pyrrole nitrogens is 1. The number of imidazole rings is 1. The van der Waals surface area contributed by atoms with Crippen LogP contribution in [0.4, 0.5) is 4.39 Å². The van der Waals surface area contributed by atoms with Crippen LogP contribution in [0.25, 0.3) is 11.4 Å². The van der Waals surface area contributed by atoms with Gasteiger partial charge < -0.3 is 14.6 Å². The number of aromatic amines is 1. The number of hydrogen-bond acceptors (Lipinski definition) is 3. The number of nitrogens with one attached hydrogen (secondary N) is 1. The molecule has 1 N–H and O–H groups in total. The third-order valence-corrected chi connectivity index (χ3v) is 4.07. The Hall–Kier alpha value is -2.21. The van der Waals surface area contributed by atoms with Gasteiger partial charge >= 0.3 is 0 Å². The third kappa shape index (κ3) is 5.13. The Morgan fingerprint density at radius 2 is 2.04 bits per heavy atom. The summed E-state index contributed by atoms with van der Waals surface area (Å²) in [5.74, 6) is 0.500. The maximum absolute atomic E-state index is 13.1. The van der Waals surface area contributed by atoms with Crippen LogP contribution in [0.1, 0.15) is 37.7 Å². The molecule has 6 heteroatoms. The van der Waals surface area contributed by atoms with Gasteiger partial charge in [0, 0.05) is 25.6 Å². The first kappa shape index (κ1) is 19.1. The van der Waals surface area contributed by atoms with E-state index in [0.717, 1.165) is 41.2 Å². The maximum atomic E-state index is 13.1. The molecule has 1 amide bonds. The second-order valence-electron chi connectivity index (χ2n) is 7.11. The zero-order valence-corrected chi connectivity index (χ0v) is 15.5. The monoisotopic (exact) mass is 347 g/mol. The van der Waals surface area contributed by atoms with Crippen molar-refractivity contribution in [3.8, 4) is 11.4 Å². The fourth-order valence-electron chi connectivity index (χ4n) is 2.43. The number of carbonyl (C=O) groups is 1. The lowest BCUT2D eigenvalue weighted by molar-refractivity contribution is -0.119. The highest BCUT2D eigenvalue weighted by Gasteiger charge is 2.20. The smallest absolute Gasteiger partial charge is 0.210 e. The highest BCUT2D eigenvalue weighted by Crippen LogP contribution is 2.25. The molecule has 1 aromatic carbocycles. The molecule has 0 saturated heterocycles. The SMILES string of the molecule is COC(C)(C)C.Cc1cc(F)ccc1-c1nc2c([nH]1)CN(C=O)CC2. The molecule has 2 heterocycles. The second-order valence-corrected chi connectivity index (χ2v) is 7.11. The Labute approximate surface area is 148 Å². The van der Waals surface area contributed by atoms with Crippen LogP contribution in [0.2, 0.25) is 0 Å². The first-order valence-electron chi connectivity index (χ1n) is 8.32. The minimum Gasteiger partial charge on any atom is -0.379 e. The Morgan fingerprint density at radius 1 is 1.36 bits per heavy atom. The van der Waals surface area contributed by atoms with Gasteiger partial charge in [-0.1, -0.05) is 0 Å². The van der Waals surface area contributed by atoms with Gasteiger partial charge in [0.25, 0.3) is 0 Å². The zero-order chi connectivity index (χ0) is 18.6. The average Bonchev–Trinajstić information content (AvgIpc) is 2.97. The number of nitrogens with zero attached hydrogens (tertiary/aromatic N) is 2. The van der Waals surface area contributed by atoms with Gasteiger partial charge in [-0.25, -0.2) is 9.37 Å². The molecule has 3 rings (SSSR count). The number of ether oxygens (including phenoxy) is 1. The van der Waals surface area contributed by atoms with E-state index in [1.807, 2.05) is 27.7 Å². The predicted molar refractivity (Wildman–Crippen MR) is 95.7 cm³/mol. The molecule has 1 aliphatic rings. The molecule has 0 radical (unpaired) electrons. The zero-order valence-electron chi connectivity index (χ0n) is 15.5. The number of hydrogen-bond donors (Lipinski definition) is 1. The van der Waals surface area contributed by atoms with Gasteiger partial charge in [0.05, 0.1) is 23.5 Å². The van der Waals surface area contributed by atoms with E-state index in [4.69, 9.17) is 4.74 Å². The molecule has 0 aliphatic carbocycles. The largest absolute Gasteiger partial charge is 0.379 e. The first-order chi connectivity index (χ1) is 11.7. The quantitative estimate of drug-likeness (QED) is 0.846. The lowest BCUT2D eigenvalue weighted by Gasteiger charge is -2.21. The maximum Gasteiger partial charge on any atom is 0.210 e. The van der Waals surface area contributed by atoms with Crippen molar-refractivity contribution in [1.82, 2.24) is 14.9 Å². The molecule has 136 valence electrons. The fourth-order valence-corrected chi connectivity index (χ4v) is 2.43. The molecule has 1 aliphatic heterocycles. The number of methoxy groups -OCH3 is 1. The lowest BCUT2D eigenvalue weighted by Crippen LogP contribution is -2.29. The summed E-state index contributed by atoms with van der Waals surface area (Å²) in [6.45, 7) is 9.18. The van der Waals surface area contributed by atoms with Crippen LogP contribution in [0.5, 0.6) is 0 Å². The van der Waals surface area contributed by atoms with Crippen molar-refractivity contribution < 1.29 is 13.9 Å². The van der Waals surface area contributed by atoms with Gasteiger partial charge in [-0.3, -0.25) is 4.79 Å². The van der Waals surface area contributed by atoms with Crippen molar-refractivity contribution in [2.45, 2.75) is 46.3 Å². The minimum atomic E-state index is -0.246. The minimum absolute atomic E-state index is 0.0417. The third-order valence-electron chi connectivity index (χ3n) is 4.07. The van der Waals surface area contributed by atoms with Crippen molar-refractivity contribution in [3.05, 3.63) is 41.0 Å². The van der Waals surface area contributed by atoms with Crippen LogP contribution in [-0.4, -0.2) is 40.5 Å². The normalized spacial score (nSPS) is 13.8. The number of aryl methyl sites for hydroxylation is 1. The van der Waals surface area contributed by atoms with E-state index in [0.29, 0.717) is 13.1 Å². The summed E-state index contributed by atoms with van der Waals surface area (Å²) in [6.07, 6.45) is 1.61. The van der Waals surface area contributed by atoms with Gasteiger partial charge in [0.15, 0.2) is 0 Å². The van der Waals surface area contributed by atoms with E-state index in [9.17, 15) is 9.18 Å². The summed E-state index contributed by atoms with van der Waals surface area (Å²) in [6, 6.07) is 4.66. The highest BCUT2D eigenvalue weighted by atomic mass is 19.1.